The Bertz CT molecular complexity index is 1220. The van der Waals surface area contributed by atoms with E-state index in [2.05, 4.69) is 35.1 Å². The molecule has 0 radical (unpaired) electrons. The maximum absolute atomic E-state index is 11.3. The van der Waals surface area contributed by atoms with Crippen molar-refractivity contribution in [3.05, 3.63) is 58.1 Å². The van der Waals surface area contributed by atoms with Gasteiger partial charge in [0.2, 0.25) is 11.8 Å². The lowest BCUT2D eigenvalue weighted by Crippen LogP contribution is -1.97. The average molecular weight is 360 g/mol. The Morgan fingerprint density at radius 3 is 2.48 bits per heavy atom. The van der Waals surface area contributed by atoms with Crippen LogP contribution in [0, 0.1) is 17.2 Å². The van der Waals surface area contributed by atoms with Crippen LogP contribution in [-0.4, -0.2) is 15.2 Å². The third kappa shape index (κ3) is 3.25. The summed E-state index contributed by atoms with van der Waals surface area (Å²) >= 11 is 0. The third-order valence-electron chi connectivity index (χ3n) is 4.20. The molecule has 0 atom stereocenters. The van der Waals surface area contributed by atoms with Crippen LogP contribution in [0.3, 0.4) is 0 Å². The summed E-state index contributed by atoms with van der Waals surface area (Å²) in [5, 5.41) is 17.6. The van der Waals surface area contributed by atoms with E-state index in [9.17, 15) is 10.1 Å². The highest BCUT2D eigenvalue weighted by Crippen LogP contribution is 2.27. The Morgan fingerprint density at radius 1 is 1.07 bits per heavy atom. The summed E-state index contributed by atoms with van der Waals surface area (Å²) in [7, 11) is 0. The standard InChI is InChI=1S/C20H16N4O3/c1-11(2)7-12-3-4-13(8-15(12)10-21)18-23-24-19(27-18)14-5-6-16-17(9-14)26-20(25)22-16/h3-6,8-9,11H,7H2,1-2H3,(H,22,25). The predicted molar refractivity (Wildman–Crippen MR) is 98.8 cm³/mol. The molecule has 0 bridgehead atoms. The van der Waals surface area contributed by atoms with Crippen molar-refractivity contribution in [1.82, 2.24) is 15.2 Å². The van der Waals surface area contributed by atoms with Crippen LogP contribution in [0.5, 0.6) is 0 Å². The molecule has 1 N–H and O–H groups in total. The largest absolute Gasteiger partial charge is 0.417 e. The molecule has 0 spiro atoms. The van der Waals surface area contributed by atoms with E-state index in [0.29, 0.717) is 45.5 Å². The highest BCUT2D eigenvalue weighted by molar-refractivity contribution is 5.77. The molecule has 4 aromatic rings. The van der Waals surface area contributed by atoms with Crippen molar-refractivity contribution in [2.24, 2.45) is 5.92 Å². The molecule has 27 heavy (non-hydrogen) atoms. The summed E-state index contributed by atoms with van der Waals surface area (Å²) in [6.45, 7) is 4.23. The Labute approximate surface area is 154 Å². The van der Waals surface area contributed by atoms with Gasteiger partial charge in [0.1, 0.15) is 0 Å². The van der Waals surface area contributed by atoms with Gasteiger partial charge in [0.15, 0.2) is 5.58 Å². The molecule has 0 saturated heterocycles. The average Bonchev–Trinajstić information content (AvgIpc) is 3.26. The Kier molecular flexibility index (Phi) is 4.09. The maximum Gasteiger partial charge on any atom is 0.417 e. The SMILES string of the molecule is CC(C)Cc1ccc(-c2nnc(-c3ccc4[nH]c(=O)oc4c3)o2)cc1C#N. The smallest absolute Gasteiger partial charge is 0.416 e. The number of hydrogen-bond donors (Lipinski definition) is 1. The summed E-state index contributed by atoms with van der Waals surface area (Å²) in [6, 6.07) is 13.0. The first-order valence-corrected chi connectivity index (χ1v) is 8.53. The quantitative estimate of drug-likeness (QED) is 0.591. The van der Waals surface area contributed by atoms with Gasteiger partial charge in [0.05, 0.1) is 17.1 Å². The fourth-order valence-electron chi connectivity index (χ4n) is 2.97. The molecular formula is C20H16N4O3. The molecular weight excluding hydrogens is 344 g/mol. The van der Waals surface area contributed by atoms with Crippen molar-refractivity contribution in [2.75, 3.05) is 0 Å². The molecule has 0 amide bonds. The fourth-order valence-corrected chi connectivity index (χ4v) is 2.97. The van der Waals surface area contributed by atoms with Crippen LogP contribution >= 0.6 is 0 Å². The highest BCUT2D eigenvalue weighted by atomic mass is 16.4. The molecule has 134 valence electrons. The number of rotatable bonds is 4. The number of oxazole rings is 1. The Morgan fingerprint density at radius 2 is 1.78 bits per heavy atom. The lowest BCUT2D eigenvalue weighted by atomic mass is 9.97. The number of aromatic amines is 1. The van der Waals surface area contributed by atoms with Crippen molar-refractivity contribution in [1.29, 1.82) is 5.26 Å². The van der Waals surface area contributed by atoms with E-state index in [1.54, 1.807) is 24.3 Å². The fraction of sp³-hybridized carbons (Fsp3) is 0.200. The topological polar surface area (TPSA) is 109 Å². The van der Waals surface area contributed by atoms with Gasteiger partial charge in [-0.05, 0) is 48.2 Å². The molecule has 0 unspecified atom stereocenters. The minimum absolute atomic E-state index is 0.306. The minimum Gasteiger partial charge on any atom is -0.416 e. The lowest BCUT2D eigenvalue weighted by Gasteiger charge is -2.07. The second kappa shape index (κ2) is 6.57. The van der Waals surface area contributed by atoms with Gasteiger partial charge in [-0.2, -0.15) is 5.26 Å². The van der Waals surface area contributed by atoms with Crippen LogP contribution < -0.4 is 5.76 Å². The first-order chi connectivity index (χ1) is 13.0. The number of hydrogen-bond acceptors (Lipinski definition) is 6. The highest BCUT2D eigenvalue weighted by Gasteiger charge is 2.14. The molecule has 2 aromatic carbocycles. The molecule has 7 nitrogen and oxygen atoms in total. The van der Waals surface area contributed by atoms with Gasteiger partial charge >= 0.3 is 5.76 Å². The first-order valence-electron chi connectivity index (χ1n) is 8.53. The summed E-state index contributed by atoms with van der Waals surface area (Å²) < 4.78 is 10.8. The van der Waals surface area contributed by atoms with E-state index in [1.165, 1.54) is 0 Å². The third-order valence-corrected chi connectivity index (χ3v) is 4.20. The van der Waals surface area contributed by atoms with E-state index in [1.807, 2.05) is 12.1 Å². The van der Waals surface area contributed by atoms with Crippen LogP contribution in [0.2, 0.25) is 0 Å². The molecule has 0 saturated carbocycles. The van der Waals surface area contributed by atoms with Crippen LogP contribution in [0.15, 0.2) is 50.0 Å². The zero-order chi connectivity index (χ0) is 19.0. The van der Waals surface area contributed by atoms with Crippen LogP contribution in [0.25, 0.3) is 34.0 Å². The first kappa shape index (κ1) is 16.8. The van der Waals surface area contributed by atoms with Gasteiger partial charge in [-0.15, -0.1) is 10.2 Å². The molecule has 2 aromatic heterocycles. The minimum atomic E-state index is -0.515. The molecule has 4 rings (SSSR count). The van der Waals surface area contributed by atoms with E-state index in [-0.39, 0.29) is 0 Å². The van der Waals surface area contributed by atoms with Gasteiger partial charge in [-0.1, -0.05) is 19.9 Å². The second-order valence-corrected chi connectivity index (χ2v) is 6.72. The summed E-state index contributed by atoms with van der Waals surface area (Å²) in [4.78, 5) is 13.9. The normalized spacial score (nSPS) is 11.2. The van der Waals surface area contributed by atoms with E-state index in [0.717, 1.165) is 12.0 Å². The van der Waals surface area contributed by atoms with Crippen LogP contribution in [0.4, 0.5) is 0 Å². The molecule has 2 heterocycles. The summed E-state index contributed by atoms with van der Waals surface area (Å²) in [6.07, 6.45) is 0.833. The van der Waals surface area contributed by atoms with Crippen molar-refractivity contribution in [2.45, 2.75) is 20.3 Å². The molecule has 7 heteroatoms. The van der Waals surface area contributed by atoms with Gasteiger partial charge < -0.3 is 8.83 Å². The van der Waals surface area contributed by atoms with Crippen LogP contribution in [0.1, 0.15) is 25.0 Å². The van der Waals surface area contributed by atoms with Gasteiger partial charge in [-0.3, -0.25) is 4.98 Å². The predicted octanol–water partition coefficient (Wildman–Crippen LogP) is 3.91. The molecule has 0 aliphatic rings. The van der Waals surface area contributed by atoms with E-state index < -0.39 is 5.76 Å². The number of nitrogens with one attached hydrogen (secondary N) is 1. The maximum atomic E-state index is 11.3. The molecule has 0 fully saturated rings. The van der Waals surface area contributed by atoms with Gasteiger partial charge in [-0.25, -0.2) is 4.79 Å². The van der Waals surface area contributed by atoms with E-state index >= 15 is 0 Å². The van der Waals surface area contributed by atoms with Crippen molar-refractivity contribution >= 4 is 11.1 Å². The zero-order valence-corrected chi connectivity index (χ0v) is 14.8. The number of nitriles is 1. The number of H-pyrrole nitrogens is 1. The zero-order valence-electron chi connectivity index (χ0n) is 14.8. The molecule has 0 aliphatic heterocycles. The summed E-state index contributed by atoms with van der Waals surface area (Å²) in [5.74, 6) is 0.578. The molecule has 0 aliphatic carbocycles. The summed E-state index contributed by atoms with van der Waals surface area (Å²) in [5.41, 5.74) is 3.96. The Balaban J connectivity index is 1.69. The Hall–Kier alpha value is -3.66. The number of nitrogens with zero attached hydrogens (tertiary/aromatic N) is 3. The van der Waals surface area contributed by atoms with Gasteiger partial charge in [0, 0.05) is 11.1 Å². The monoisotopic (exact) mass is 360 g/mol. The van der Waals surface area contributed by atoms with E-state index in [4.69, 9.17) is 8.83 Å². The number of aromatic nitrogens is 3. The second-order valence-electron chi connectivity index (χ2n) is 6.72. The number of fused-ring (bicyclic) bond motifs is 1. The van der Waals surface area contributed by atoms with Gasteiger partial charge in [0.25, 0.3) is 0 Å². The van der Waals surface area contributed by atoms with Crippen molar-refractivity contribution < 1.29 is 8.83 Å². The van der Waals surface area contributed by atoms with Crippen molar-refractivity contribution in [3.63, 3.8) is 0 Å². The van der Waals surface area contributed by atoms with Crippen LogP contribution in [-0.2, 0) is 6.42 Å². The van der Waals surface area contributed by atoms with Crippen molar-refractivity contribution in [3.8, 4) is 29.0 Å². The lowest BCUT2D eigenvalue weighted by molar-refractivity contribution is 0.554. The number of benzene rings is 2.